The molecule has 84 valence electrons. The third kappa shape index (κ3) is 2.52. The first kappa shape index (κ1) is 12.5. The van der Waals surface area contributed by atoms with E-state index in [0.717, 1.165) is 19.1 Å². The Hall–Kier alpha value is -0.540. The maximum absolute atomic E-state index is 10.4. The molecule has 0 radical (unpaired) electrons. The van der Waals surface area contributed by atoms with E-state index in [2.05, 4.69) is 13.2 Å². The zero-order valence-electron chi connectivity index (χ0n) is 8.89. The highest BCUT2D eigenvalue weighted by Gasteiger charge is 2.44. The molecule has 3 atom stereocenters. The van der Waals surface area contributed by atoms with Crippen molar-refractivity contribution >= 4 is 18.0 Å². The summed E-state index contributed by atoms with van der Waals surface area (Å²) in [4.78, 5) is 10.4. The molecule has 0 aliphatic carbocycles. The Bertz CT molecular complexity index is 252. The second-order valence-corrected chi connectivity index (χ2v) is 5.55. The largest absolute Gasteiger partial charge is 0.395 e. The number of allylic oxidation sites excluding steroid dienone is 1. The van der Waals surface area contributed by atoms with E-state index in [9.17, 15) is 9.90 Å². The molecular weight excluding hydrogens is 208 g/mol. The van der Waals surface area contributed by atoms with E-state index >= 15 is 0 Å². The minimum absolute atomic E-state index is 0.104. The molecule has 1 saturated heterocycles. The molecule has 0 spiro atoms. The summed E-state index contributed by atoms with van der Waals surface area (Å²) < 4.78 is -0.221. The van der Waals surface area contributed by atoms with Gasteiger partial charge in [0.15, 0.2) is 0 Å². The van der Waals surface area contributed by atoms with E-state index < -0.39 is 0 Å². The van der Waals surface area contributed by atoms with E-state index in [4.69, 9.17) is 0 Å². The third-order valence-corrected chi connectivity index (χ3v) is 4.84. The van der Waals surface area contributed by atoms with Crippen molar-refractivity contribution in [1.29, 1.82) is 0 Å². The molecule has 1 fully saturated rings. The van der Waals surface area contributed by atoms with Crippen molar-refractivity contribution < 1.29 is 9.90 Å². The first-order chi connectivity index (χ1) is 7.22. The number of hydrogen-bond donors (Lipinski definition) is 1. The Morgan fingerprint density at radius 1 is 1.47 bits per heavy atom. The lowest BCUT2D eigenvalue weighted by Gasteiger charge is -2.30. The van der Waals surface area contributed by atoms with Crippen molar-refractivity contribution in [2.75, 3.05) is 6.61 Å². The molecule has 1 N–H and O–H groups in total. The van der Waals surface area contributed by atoms with Gasteiger partial charge >= 0.3 is 0 Å². The van der Waals surface area contributed by atoms with Crippen molar-refractivity contribution in [2.45, 2.75) is 29.3 Å². The number of aliphatic hydroxyl groups is 1. The Morgan fingerprint density at radius 3 is 2.67 bits per heavy atom. The molecule has 2 unspecified atom stereocenters. The van der Waals surface area contributed by atoms with Crippen LogP contribution in [-0.2, 0) is 4.79 Å². The summed E-state index contributed by atoms with van der Waals surface area (Å²) in [6.45, 7) is 7.70. The van der Waals surface area contributed by atoms with Crippen LogP contribution in [0.15, 0.2) is 25.3 Å². The molecule has 15 heavy (non-hydrogen) atoms. The van der Waals surface area contributed by atoms with Crippen LogP contribution in [0.25, 0.3) is 0 Å². The topological polar surface area (TPSA) is 37.3 Å². The van der Waals surface area contributed by atoms with Crippen molar-refractivity contribution in [3.05, 3.63) is 25.3 Å². The van der Waals surface area contributed by atoms with Crippen LogP contribution in [0.2, 0.25) is 0 Å². The van der Waals surface area contributed by atoms with Crippen molar-refractivity contribution in [2.24, 2.45) is 5.92 Å². The Kier molecular flexibility index (Phi) is 4.61. The summed E-state index contributed by atoms with van der Waals surface area (Å²) in [5.41, 5.74) is 0. The highest BCUT2D eigenvalue weighted by molar-refractivity contribution is 8.01. The highest BCUT2D eigenvalue weighted by Crippen LogP contribution is 2.50. The summed E-state index contributed by atoms with van der Waals surface area (Å²) in [7, 11) is 0. The molecular formula is C12H18O2S. The van der Waals surface area contributed by atoms with Crippen LogP contribution in [0.4, 0.5) is 0 Å². The summed E-state index contributed by atoms with van der Waals surface area (Å²) >= 11 is 1.73. The lowest BCUT2D eigenvalue weighted by molar-refractivity contribution is -0.108. The number of aliphatic hydroxyl groups excluding tert-OH is 1. The number of thioether (sulfide) groups is 1. The molecule has 0 aromatic rings. The van der Waals surface area contributed by atoms with Crippen LogP contribution >= 0.6 is 11.8 Å². The van der Waals surface area contributed by atoms with E-state index in [1.165, 1.54) is 0 Å². The maximum atomic E-state index is 10.4. The number of carbonyl (C=O) groups is 1. The summed E-state index contributed by atoms with van der Waals surface area (Å²) in [6, 6.07) is 0. The maximum Gasteiger partial charge on any atom is 0.120 e. The molecule has 0 bridgehead atoms. The Morgan fingerprint density at radius 2 is 2.20 bits per heavy atom. The first-order valence-corrected chi connectivity index (χ1v) is 6.08. The predicted octanol–water partition coefficient (Wildman–Crippen LogP) is 2.19. The van der Waals surface area contributed by atoms with Crippen molar-refractivity contribution in [3.8, 4) is 0 Å². The second-order valence-electron chi connectivity index (χ2n) is 3.90. The monoisotopic (exact) mass is 226 g/mol. The zero-order chi connectivity index (χ0) is 11.3. The summed E-state index contributed by atoms with van der Waals surface area (Å²) in [6.07, 6.45) is 6.92. The van der Waals surface area contributed by atoms with Crippen LogP contribution in [-0.4, -0.2) is 28.0 Å². The van der Waals surface area contributed by atoms with Crippen LogP contribution in [0.5, 0.6) is 0 Å². The molecule has 0 saturated carbocycles. The summed E-state index contributed by atoms with van der Waals surface area (Å²) in [5.74, 6) is 0.274. The highest BCUT2D eigenvalue weighted by atomic mass is 32.2. The van der Waals surface area contributed by atoms with Gasteiger partial charge in [-0.1, -0.05) is 12.2 Å². The smallest absolute Gasteiger partial charge is 0.120 e. The average Bonchev–Trinajstić information content (AvgIpc) is 2.65. The second kappa shape index (κ2) is 5.52. The summed E-state index contributed by atoms with van der Waals surface area (Å²) in [5, 5.41) is 9.91. The van der Waals surface area contributed by atoms with Gasteiger partial charge in [0.1, 0.15) is 6.29 Å². The fourth-order valence-electron chi connectivity index (χ4n) is 2.14. The zero-order valence-corrected chi connectivity index (χ0v) is 9.71. The van der Waals surface area contributed by atoms with Crippen LogP contribution in [0.1, 0.15) is 19.3 Å². The van der Waals surface area contributed by atoms with Crippen LogP contribution in [0.3, 0.4) is 0 Å². The molecule has 1 aliphatic heterocycles. The van der Waals surface area contributed by atoms with Gasteiger partial charge in [0.2, 0.25) is 0 Å². The van der Waals surface area contributed by atoms with Gasteiger partial charge in [-0.25, -0.2) is 0 Å². The molecule has 3 heteroatoms. The molecule has 0 aromatic heterocycles. The fourth-order valence-corrected chi connectivity index (χ4v) is 3.82. The Balaban J connectivity index is 2.79. The lowest BCUT2D eigenvalue weighted by Crippen LogP contribution is -2.33. The molecule has 2 nitrogen and oxygen atoms in total. The van der Waals surface area contributed by atoms with Gasteiger partial charge in [-0.15, -0.1) is 24.9 Å². The van der Waals surface area contributed by atoms with Gasteiger partial charge < -0.3 is 9.90 Å². The minimum atomic E-state index is -0.221. The average molecular weight is 226 g/mol. The standard InChI is InChI=1S/C12H18O2S/c1-3-10-8-11(4-2)15-12(10,9-14)6-5-7-13/h3-4,7,10-11,14H,1-2,5-6,8-9H2/t10?,11?,12-/m1/s1. The molecule has 1 heterocycles. The van der Waals surface area contributed by atoms with Crippen molar-refractivity contribution in [1.82, 2.24) is 0 Å². The van der Waals surface area contributed by atoms with Gasteiger partial charge in [0, 0.05) is 16.4 Å². The lowest BCUT2D eigenvalue weighted by atomic mass is 9.85. The van der Waals surface area contributed by atoms with E-state index in [1.54, 1.807) is 11.8 Å². The molecule has 1 rings (SSSR count). The quantitative estimate of drug-likeness (QED) is 0.557. The van der Waals surface area contributed by atoms with E-state index in [0.29, 0.717) is 11.7 Å². The number of hydrogen-bond acceptors (Lipinski definition) is 3. The van der Waals surface area contributed by atoms with Gasteiger partial charge in [0.05, 0.1) is 6.61 Å². The molecule has 1 aliphatic rings. The van der Waals surface area contributed by atoms with Gasteiger partial charge in [-0.2, -0.15) is 0 Å². The van der Waals surface area contributed by atoms with Crippen molar-refractivity contribution in [3.63, 3.8) is 0 Å². The fraction of sp³-hybridized carbons (Fsp3) is 0.583. The third-order valence-electron chi connectivity index (χ3n) is 3.05. The van der Waals surface area contributed by atoms with E-state index in [-0.39, 0.29) is 17.3 Å². The number of aldehydes is 1. The van der Waals surface area contributed by atoms with Crippen LogP contribution in [0, 0.1) is 5.92 Å². The molecule has 0 aromatic carbocycles. The predicted molar refractivity (Wildman–Crippen MR) is 65.0 cm³/mol. The first-order valence-electron chi connectivity index (χ1n) is 5.20. The van der Waals surface area contributed by atoms with Gasteiger partial charge in [-0.05, 0) is 18.8 Å². The SMILES string of the molecule is C=CC1CC(C=C)[C@](CO)(CCC=O)S1. The molecule has 0 amide bonds. The van der Waals surface area contributed by atoms with Crippen LogP contribution < -0.4 is 0 Å². The number of carbonyl (C=O) groups excluding carboxylic acids is 1. The van der Waals surface area contributed by atoms with Gasteiger partial charge in [-0.3, -0.25) is 0 Å². The Labute approximate surface area is 95.4 Å². The minimum Gasteiger partial charge on any atom is -0.395 e. The normalized spacial score (nSPS) is 35.0. The van der Waals surface area contributed by atoms with Gasteiger partial charge in [0.25, 0.3) is 0 Å². The number of rotatable bonds is 6. The van der Waals surface area contributed by atoms with E-state index in [1.807, 2.05) is 12.2 Å².